The van der Waals surface area contributed by atoms with E-state index in [2.05, 4.69) is 4.98 Å². The molecule has 0 N–H and O–H groups in total. The molecular weight excluding hydrogens is 214 g/mol. The number of benzene rings is 1. The van der Waals surface area contributed by atoms with Gasteiger partial charge in [0.1, 0.15) is 17.8 Å². The number of pyridine rings is 1. The molecule has 0 aliphatic heterocycles. The lowest BCUT2D eigenvalue weighted by Crippen LogP contribution is -1.92. The molecule has 86 valence electrons. The standard InChI is InChI=1S/C14H13NO2/c1-10-8-12(9-16)5-6-13(10)17-14-4-3-7-15-11(14)2/h3-9H,1-2H3. The Balaban J connectivity index is 2.31. The molecule has 2 rings (SSSR count). The third-order valence-electron chi connectivity index (χ3n) is 2.51. The summed E-state index contributed by atoms with van der Waals surface area (Å²) in [5.41, 5.74) is 2.42. The summed E-state index contributed by atoms with van der Waals surface area (Å²) >= 11 is 0. The zero-order valence-corrected chi connectivity index (χ0v) is 9.81. The van der Waals surface area contributed by atoms with E-state index in [1.54, 1.807) is 24.4 Å². The summed E-state index contributed by atoms with van der Waals surface area (Å²) in [6.45, 7) is 3.80. The maximum Gasteiger partial charge on any atom is 0.150 e. The van der Waals surface area contributed by atoms with Gasteiger partial charge in [-0.1, -0.05) is 0 Å². The van der Waals surface area contributed by atoms with Crippen molar-refractivity contribution in [3.05, 3.63) is 53.3 Å². The molecule has 0 fully saturated rings. The van der Waals surface area contributed by atoms with Crippen LogP contribution in [0.2, 0.25) is 0 Å². The first-order valence-electron chi connectivity index (χ1n) is 5.36. The van der Waals surface area contributed by atoms with Crippen molar-refractivity contribution in [1.82, 2.24) is 4.98 Å². The van der Waals surface area contributed by atoms with Crippen LogP contribution in [-0.2, 0) is 0 Å². The molecule has 0 bridgehead atoms. The summed E-state index contributed by atoms with van der Waals surface area (Å²) in [5.74, 6) is 1.47. The molecule has 0 aliphatic carbocycles. The van der Waals surface area contributed by atoms with Crippen LogP contribution in [0.4, 0.5) is 0 Å². The fourth-order valence-corrected chi connectivity index (χ4v) is 1.56. The highest BCUT2D eigenvalue weighted by atomic mass is 16.5. The third-order valence-corrected chi connectivity index (χ3v) is 2.51. The van der Waals surface area contributed by atoms with Crippen molar-refractivity contribution in [3.8, 4) is 11.5 Å². The van der Waals surface area contributed by atoms with Crippen LogP contribution in [0.3, 0.4) is 0 Å². The van der Waals surface area contributed by atoms with Crippen LogP contribution in [-0.4, -0.2) is 11.3 Å². The van der Waals surface area contributed by atoms with Crippen molar-refractivity contribution in [2.24, 2.45) is 0 Å². The van der Waals surface area contributed by atoms with Gasteiger partial charge in [0.15, 0.2) is 0 Å². The van der Waals surface area contributed by atoms with Crippen LogP contribution in [0, 0.1) is 13.8 Å². The Labute approximate surface area is 100 Å². The van der Waals surface area contributed by atoms with Crippen molar-refractivity contribution in [2.45, 2.75) is 13.8 Å². The molecule has 0 radical (unpaired) electrons. The maximum absolute atomic E-state index is 10.6. The van der Waals surface area contributed by atoms with Crippen LogP contribution in [0.25, 0.3) is 0 Å². The summed E-state index contributed by atoms with van der Waals surface area (Å²) in [6.07, 6.45) is 2.55. The summed E-state index contributed by atoms with van der Waals surface area (Å²) in [5, 5.41) is 0. The zero-order chi connectivity index (χ0) is 12.3. The molecule has 2 aromatic rings. The van der Waals surface area contributed by atoms with E-state index < -0.39 is 0 Å². The molecule has 0 spiro atoms. The lowest BCUT2D eigenvalue weighted by atomic mass is 10.1. The minimum absolute atomic E-state index is 0.651. The minimum Gasteiger partial charge on any atom is -0.455 e. The molecule has 1 aromatic carbocycles. The summed E-state index contributed by atoms with van der Waals surface area (Å²) < 4.78 is 5.76. The Hall–Kier alpha value is -2.16. The highest BCUT2D eigenvalue weighted by Gasteiger charge is 2.04. The second-order valence-corrected chi connectivity index (χ2v) is 3.83. The Morgan fingerprint density at radius 2 is 2.00 bits per heavy atom. The van der Waals surface area contributed by atoms with E-state index in [0.717, 1.165) is 29.0 Å². The van der Waals surface area contributed by atoms with Gasteiger partial charge in [0, 0.05) is 11.8 Å². The van der Waals surface area contributed by atoms with Crippen molar-refractivity contribution < 1.29 is 9.53 Å². The van der Waals surface area contributed by atoms with E-state index in [4.69, 9.17) is 4.74 Å². The number of hydrogen-bond acceptors (Lipinski definition) is 3. The zero-order valence-electron chi connectivity index (χ0n) is 9.81. The van der Waals surface area contributed by atoms with E-state index in [-0.39, 0.29) is 0 Å². The quantitative estimate of drug-likeness (QED) is 0.755. The molecule has 1 heterocycles. The SMILES string of the molecule is Cc1cc(C=O)ccc1Oc1cccnc1C. The van der Waals surface area contributed by atoms with Crippen LogP contribution in [0.15, 0.2) is 36.5 Å². The second-order valence-electron chi connectivity index (χ2n) is 3.83. The molecule has 0 unspecified atom stereocenters. The van der Waals surface area contributed by atoms with Gasteiger partial charge in [-0.2, -0.15) is 0 Å². The Morgan fingerprint density at radius 3 is 2.65 bits per heavy atom. The third kappa shape index (κ3) is 2.50. The maximum atomic E-state index is 10.6. The van der Waals surface area contributed by atoms with Gasteiger partial charge in [-0.25, -0.2) is 0 Å². The van der Waals surface area contributed by atoms with Crippen LogP contribution in [0.5, 0.6) is 11.5 Å². The molecule has 0 saturated carbocycles. The van der Waals surface area contributed by atoms with Gasteiger partial charge in [-0.05, 0) is 49.7 Å². The first-order valence-corrected chi connectivity index (χ1v) is 5.36. The topological polar surface area (TPSA) is 39.2 Å². The summed E-state index contributed by atoms with van der Waals surface area (Å²) in [7, 11) is 0. The van der Waals surface area contributed by atoms with Crippen LogP contribution >= 0.6 is 0 Å². The van der Waals surface area contributed by atoms with Gasteiger partial charge in [0.05, 0.1) is 5.69 Å². The average Bonchev–Trinajstić information content (AvgIpc) is 2.34. The molecule has 17 heavy (non-hydrogen) atoms. The highest BCUT2D eigenvalue weighted by molar-refractivity contribution is 5.75. The molecule has 0 saturated heterocycles. The van der Waals surface area contributed by atoms with Crippen LogP contribution < -0.4 is 4.74 Å². The smallest absolute Gasteiger partial charge is 0.150 e. The molecule has 3 nitrogen and oxygen atoms in total. The lowest BCUT2D eigenvalue weighted by Gasteiger charge is -2.10. The predicted octanol–water partition coefficient (Wildman–Crippen LogP) is 3.30. The highest BCUT2D eigenvalue weighted by Crippen LogP contribution is 2.26. The Kier molecular flexibility index (Phi) is 3.19. The minimum atomic E-state index is 0.651. The molecular formula is C14H13NO2. The molecule has 0 aliphatic rings. The Bertz CT molecular complexity index is 550. The first-order chi connectivity index (χ1) is 8.20. The molecule has 3 heteroatoms. The van der Waals surface area contributed by atoms with Gasteiger partial charge in [0.25, 0.3) is 0 Å². The van der Waals surface area contributed by atoms with Crippen molar-refractivity contribution in [3.63, 3.8) is 0 Å². The number of ether oxygens (including phenoxy) is 1. The van der Waals surface area contributed by atoms with E-state index in [1.807, 2.05) is 26.0 Å². The second kappa shape index (κ2) is 4.78. The van der Waals surface area contributed by atoms with Gasteiger partial charge < -0.3 is 4.74 Å². The van der Waals surface area contributed by atoms with Crippen molar-refractivity contribution in [1.29, 1.82) is 0 Å². The molecule has 0 amide bonds. The van der Waals surface area contributed by atoms with Crippen molar-refractivity contribution >= 4 is 6.29 Å². The first kappa shape index (κ1) is 11.3. The number of aldehydes is 1. The fraction of sp³-hybridized carbons (Fsp3) is 0.143. The van der Waals surface area contributed by atoms with E-state index in [1.165, 1.54) is 0 Å². The summed E-state index contributed by atoms with van der Waals surface area (Å²) in [4.78, 5) is 14.8. The van der Waals surface area contributed by atoms with Crippen molar-refractivity contribution in [2.75, 3.05) is 0 Å². The number of aryl methyl sites for hydroxylation is 2. The Morgan fingerprint density at radius 1 is 1.18 bits per heavy atom. The van der Waals surface area contributed by atoms with E-state index in [0.29, 0.717) is 5.56 Å². The normalized spacial score (nSPS) is 10.0. The number of nitrogens with zero attached hydrogens (tertiary/aromatic N) is 1. The van der Waals surface area contributed by atoms with Crippen LogP contribution in [0.1, 0.15) is 21.6 Å². The summed E-state index contributed by atoms with van der Waals surface area (Å²) in [6, 6.07) is 9.04. The number of hydrogen-bond donors (Lipinski definition) is 0. The fourth-order valence-electron chi connectivity index (χ4n) is 1.56. The molecule has 1 aromatic heterocycles. The van der Waals surface area contributed by atoms with Gasteiger partial charge in [0.2, 0.25) is 0 Å². The molecule has 0 atom stereocenters. The van der Waals surface area contributed by atoms with E-state index >= 15 is 0 Å². The van der Waals surface area contributed by atoms with Gasteiger partial charge in [-0.15, -0.1) is 0 Å². The monoisotopic (exact) mass is 227 g/mol. The van der Waals surface area contributed by atoms with E-state index in [9.17, 15) is 4.79 Å². The number of carbonyl (C=O) groups is 1. The number of carbonyl (C=O) groups excluding carboxylic acids is 1. The largest absolute Gasteiger partial charge is 0.455 e. The number of rotatable bonds is 3. The van der Waals surface area contributed by atoms with Gasteiger partial charge >= 0.3 is 0 Å². The lowest BCUT2D eigenvalue weighted by molar-refractivity contribution is 0.112. The number of aromatic nitrogens is 1. The predicted molar refractivity (Wildman–Crippen MR) is 65.6 cm³/mol. The van der Waals surface area contributed by atoms with Gasteiger partial charge in [-0.3, -0.25) is 9.78 Å². The average molecular weight is 227 g/mol.